The molecule has 0 fully saturated rings. The summed E-state index contributed by atoms with van der Waals surface area (Å²) in [6.07, 6.45) is 2.28. The molecule has 0 aliphatic heterocycles. The highest BCUT2D eigenvalue weighted by Crippen LogP contribution is 2.05. The van der Waals surface area contributed by atoms with Gasteiger partial charge in [-0.25, -0.2) is 0 Å². The Labute approximate surface area is 98.8 Å². The molecule has 96 valence electrons. The minimum Gasteiger partial charge on any atom is -0.396 e. The third-order valence-electron chi connectivity index (χ3n) is 2.61. The molecule has 1 atom stereocenters. The lowest BCUT2D eigenvalue weighted by atomic mass is 10.0. The van der Waals surface area contributed by atoms with Crippen LogP contribution in [0.3, 0.4) is 0 Å². The first kappa shape index (κ1) is 15.4. The van der Waals surface area contributed by atoms with E-state index in [0.29, 0.717) is 24.9 Å². The van der Waals surface area contributed by atoms with Gasteiger partial charge in [0.15, 0.2) is 0 Å². The fraction of sp³-hybridized carbons (Fsp3) is 0.917. The lowest BCUT2D eigenvalue weighted by Crippen LogP contribution is -2.33. The molecule has 4 nitrogen and oxygen atoms in total. The predicted octanol–water partition coefficient (Wildman–Crippen LogP) is 0.899. The molecule has 0 aromatic rings. The second-order valence-corrected chi connectivity index (χ2v) is 4.45. The minimum absolute atomic E-state index is 0.0875. The van der Waals surface area contributed by atoms with Gasteiger partial charge in [-0.2, -0.15) is 0 Å². The van der Waals surface area contributed by atoms with E-state index in [-0.39, 0.29) is 12.5 Å². The molecule has 0 aliphatic rings. The number of carbonyl (C=O) groups excluding carboxylic acids is 1. The van der Waals surface area contributed by atoms with Gasteiger partial charge in [-0.15, -0.1) is 0 Å². The summed E-state index contributed by atoms with van der Waals surface area (Å²) in [5.41, 5.74) is 0. The van der Waals surface area contributed by atoms with Crippen molar-refractivity contribution in [1.29, 1.82) is 0 Å². The summed E-state index contributed by atoms with van der Waals surface area (Å²) in [6.45, 7) is 7.80. The normalized spacial score (nSPS) is 12.8. The van der Waals surface area contributed by atoms with E-state index in [1.54, 1.807) is 0 Å². The zero-order valence-corrected chi connectivity index (χ0v) is 10.8. The Morgan fingerprint density at radius 3 is 2.56 bits per heavy atom. The summed E-state index contributed by atoms with van der Waals surface area (Å²) in [7, 11) is 0. The third-order valence-corrected chi connectivity index (χ3v) is 2.61. The maximum absolute atomic E-state index is 11.4. The maximum atomic E-state index is 11.4. The zero-order valence-electron chi connectivity index (χ0n) is 10.8. The van der Waals surface area contributed by atoms with Crippen molar-refractivity contribution in [2.75, 3.05) is 19.7 Å². The molecule has 3 N–H and O–H groups in total. The average molecular weight is 230 g/mol. The Morgan fingerprint density at radius 1 is 1.38 bits per heavy atom. The quantitative estimate of drug-likeness (QED) is 0.551. The molecule has 0 radical (unpaired) electrons. The van der Waals surface area contributed by atoms with E-state index < -0.39 is 0 Å². The third kappa shape index (κ3) is 8.68. The summed E-state index contributed by atoms with van der Waals surface area (Å²) < 4.78 is 0. The topological polar surface area (TPSA) is 61.4 Å². The lowest BCUT2D eigenvalue weighted by molar-refractivity contribution is -0.121. The van der Waals surface area contributed by atoms with Gasteiger partial charge in [-0.3, -0.25) is 4.79 Å². The van der Waals surface area contributed by atoms with Crippen molar-refractivity contribution in [1.82, 2.24) is 10.6 Å². The number of aliphatic hydroxyl groups excluding tert-OH is 1. The van der Waals surface area contributed by atoms with Crippen LogP contribution in [0.2, 0.25) is 0 Å². The zero-order chi connectivity index (χ0) is 12.4. The van der Waals surface area contributed by atoms with Gasteiger partial charge in [0.05, 0.1) is 0 Å². The van der Waals surface area contributed by atoms with Gasteiger partial charge < -0.3 is 15.7 Å². The molecule has 4 heteroatoms. The molecule has 0 spiro atoms. The molecule has 1 unspecified atom stereocenters. The highest BCUT2D eigenvalue weighted by atomic mass is 16.3. The van der Waals surface area contributed by atoms with Crippen molar-refractivity contribution in [3.05, 3.63) is 0 Å². The molecule has 0 rings (SSSR count). The minimum atomic E-state index is 0.0875. The van der Waals surface area contributed by atoms with Crippen LogP contribution >= 0.6 is 0 Å². The maximum Gasteiger partial charge on any atom is 0.221 e. The fourth-order valence-electron chi connectivity index (χ4n) is 1.45. The Morgan fingerprint density at radius 2 is 2.06 bits per heavy atom. The Kier molecular flexibility index (Phi) is 9.24. The van der Waals surface area contributed by atoms with Crippen LogP contribution in [0.5, 0.6) is 0 Å². The number of hydrogen-bond acceptors (Lipinski definition) is 3. The van der Waals surface area contributed by atoms with E-state index in [2.05, 4.69) is 31.4 Å². The first-order chi connectivity index (χ1) is 7.60. The van der Waals surface area contributed by atoms with Crippen LogP contribution in [0.1, 0.15) is 40.0 Å². The standard InChI is InChI=1S/C12H26N2O2/c1-4-11(6-8-15)9-14-12(16)5-7-13-10(2)3/h10-11,13,15H,4-9H2,1-3H3,(H,14,16). The predicted molar refractivity (Wildman–Crippen MR) is 66.2 cm³/mol. The molecule has 0 saturated heterocycles. The van der Waals surface area contributed by atoms with E-state index in [0.717, 1.165) is 19.4 Å². The molecule has 0 aromatic carbocycles. The van der Waals surface area contributed by atoms with Crippen LogP contribution in [-0.4, -0.2) is 36.8 Å². The lowest BCUT2D eigenvalue weighted by Gasteiger charge is -2.14. The molecule has 0 saturated carbocycles. The molecule has 0 aliphatic carbocycles. The van der Waals surface area contributed by atoms with Gasteiger partial charge in [0.1, 0.15) is 0 Å². The Balaban J connectivity index is 3.55. The highest BCUT2D eigenvalue weighted by molar-refractivity contribution is 5.76. The summed E-state index contributed by atoms with van der Waals surface area (Å²) in [4.78, 5) is 11.4. The van der Waals surface area contributed by atoms with Gasteiger partial charge in [-0.05, 0) is 12.3 Å². The SMILES string of the molecule is CCC(CCO)CNC(=O)CCNC(C)C. The molecule has 0 bridgehead atoms. The van der Waals surface area contributed by atoms with Crippen molar-refractivity contribution in [3.63, 3.8) is 0 Å². The number of rotatable bonds is 9. The first-order valence-corrected chi connectivity index (χ1v) is 6.21. The van der Waals surface area contributed by atoms with Crippen LogP contribution in [0.15, 0.2) is 0 Å². The summed E-state index contributed by atoms with van der Waals surface area (Å²) in [5, 5.41) is 14.9. The smallest absolute Gasteiger partial charge is 0.221 e. The fourth-order valence-corrected chi connectivity index (χ4v) is 1.45. The van der Waals surface area contributed by atoms with Gasteiger partial charge in [0, 0.05) is 32.2 Å². The van der Waals surface area contributed by atoms with E-state index in [1.807, 2.05) is 0 Å². The van der Waals surface area contributed by atoms with E-state index >= 15 is 0 Å². The van der Waals surface area contributed by atoms with Crippen molar-refractivity contribution < 1.29 is 9.90 Å². The Bertz CT molecular complexity index is 184. The second kappa shape index (κ2) is 9.60. The van der Waals surface area contributed by atoms with E-state index in [9.17, 15) is 4.79 Å². The van der Waals surface area contributed by atoms with E-state index in [4.69, 9.17) is 5.11 Å². The average Bonchev–Trinajstić information content (AvgIpc) is 2.23. The number of aliphatic hydroxyl groups is 1. The van der Waals surface area contributed by atoms with Crippen LogP contribution < -0.4 is 10.6 Å². The summed E-state index contributed by atoms with van der Waals surface area (Å²) >= 11 is 0. The molecule has 0 aromatic heterocycles. The van der Waals surface area contributed by atoms with Crippen molar-refractivity contribution >= 4 is 5.91 Å². The van der Waals surface area contributed by atoms with Gasteiger partial charge in [0.2, 0.25) is 5.91 Å². The monoisotopic (exact) mass is 230 g/mol. The van der Waals surface area contributed by atoms with Crippen LogP contribution in [-0.2, 0) is 4.79 Å². The number of carbonyl (C=O) groups is 1. The van der Waals surface area contributed by atoms with Crippen LogP contribution in [0.4, 0.5) is 0 Å². The second-order valence-electron chi connectivity index (χ2n) is 4.45. The molecular formula is C12H26N2O2. The van der Waals surface area contributed by atoms with Gasteiger partial charge >= 0.3 is 0 Å². The van der Waals surface area contributed by atoms with Crippen molar-refractivity contribution in [3.8, 4) is 0 Å². The molecule has 1 amide bonds. The molecule has 16 heavy (non-hydrogen) atoms. The molecule has 0 heterocycles. The van der Waals surface area contributed by atoms with Gasteiger partial charge in [0.25, 0.3) is 0 Å². The van der Waals surface area contributed by atoms with E-state index in [1.165, 1.54) is 0 Å². The number of hydrogen-bond donors (Lipinski definition) is 3. The molecular weight excluding hydrogens is 204 g/mol. The van der Waals surface area contributed by atoms with Crippen molar-refractivity contribution in [2.45, 2.75) is 46.1 Å². The number of nitrogens with one attached hydrogen (secondary N) is 2. The van der Waals surface area contributed by atoms with Crippen molar-refractivity contribution in [2.24, 2.45) is 5.92 Å². The van der Waals surface area contributed by atoms with Gasteiger partial charge in [-0.1, -0.05) is 27.2 Å². The first-order valence-electron chi connectivity index (χ1n) is 6.21. The summed E-state index contributed by atoms with van der Waals surface area (Å²) in [5.74, 6) is 0.483. The van der Waals surface area contributed by atoms with Crippen LogP contribution in [0, 0.1) is 5.92 Å². The van der Waals surface area contributed by atoms with Crippen LogP contribution in [0.25, 0.3) is 0 Å². The Hall–Kier alpha value is -0.610. The largest absolute Gasteiger partial charge is 0.396 e. The number of amides is 1. The highest BCUT2D eigenvalue weighted by Gasteiger charge is 2.07. The summed E-state index contributed by atoms with van der Waals surface area (Å²) in [6, 6.07) is 0.422.